The molecule has 0 bridgehead atoms. The molecule has 2 N–H and O–H groups in total. The predicted octanol–water partition coefficient (Wildman–Crippen LogP) is 1.87. The van der Waals surface area contributed by atoms with Crippen LogP contribution in [0.15, 0.2) is 30.1 Å². The molecule has 0 aliphatic carbocycles. The van der Waals surface area contributed by atoms with Crippen LogP contribution in [0.1, 0.15) is 24.3 Å². The van der Waals surface area contributed by atoms with Crippen LogP contribution in [0, 0.1) is 0 Å². The molecule has 0 fully saturated rings. The van der Waals surface area contributed by atoms with E-state index < -0.39 is 6.23 Å². The van der Waals surface area contributed by atoms with Gasteiger partial charge in [0, 0.05) is 18.2 Å². The van der Waals surface area contributed by atoms with Crippen LogP contribution in [0.3, 0.4) is 0 Å². The molecule has 0 saturated heterocycles. The topological polar surface area (TPSA) is 43.7 Å². The highest BCUT2D eigenvalue weighted by atomic mass is 16.3. The molecule has 14 heavy (non-hydrogen) atoms. The molecule has 0 aromatic heterocycles. The summed E-state index contributed by atoms with van der Waals surface area (Å²) in [6.45, 7) is 2.47. The lowest BCUT2D eigenvalue weighted by molar-refractivity contribution is -0.00297. The number of nitrogens with zero attached hydrogens (tertiary/aromatic N) is 1. The van der Waals surface area contributed by atoms with Gasteiger partial charge in [-0.15, -0.1) is 0 Å². The summed E-state index contributed by atoms with van der Waals surface area (Å²) in [6, 6.07) is 7.51. The van der Waals surface area contributed by atoms with E-state index in [2.05, 4.69) is 0 Å². The lowest BCUT2D eigenvalue weighted by Gasteiger charge is -2.32. The first-order valence-corrected chi connectivity index (χ1v) is 4.68. The fourth-order valence-electron chi connectivity index (χ4n) is 1.73. The quantitative estimate of drug-likeness (QED) is 0.712. The molecule has 74 valence electrons. The Labute approximate surface area is 82.9 Å². The number of rotatable bonds is 1. The van der Waals surface area contributed by atoms with E-state index in [1.807, 2.05) is 31.2 Å². The molecular formula is C11H13NO2. The fraction of sp³-hybridized carbons (Fsp3) is 0.273. The first-order valence-electron chi connectivity index (χ1n) is 4.68. The van der Waals surface area contributed by atoms with Crippen molar-refractivity contribution in [3.8, 4) is 0 Å². The average molecular weight is 191 g/mol. The number of aliphatic hydroxyl groups is 2. The highest BCUT2D eigenvalue weighted by Crippen LogP contribution is 2.30. The lowest BCUT2D eigenvalue weighted by Crippen LogP contribution is -2.30. The van der Waals surface area contributed by atoms with Gasteiger partial charge in [-0.2, -0.15) is 0 Å². The molecule has 0 amide bonds. The van der Waals surface area contributed by atoms with Crippen molar-refractivity contribution in [1.82, 2.24) is 4.90 Å². The molecule has 1 aromatic rings. The standard InChI is InChI=1S/C11H13NO2/c1-2-12-10(13)7-8-5-3-4-6-9(8)11(12)14/h3-7,11,13-14H,2H2,1H3. The van der Waals surface area contributed by atoms with Crippen molar-refractivity contribution in [3.63, 3.8) is 0 Å². The van der Waals surface area contributed by atoms with Crippen molar-refractivity contribution < 1.29 is 10.2 Å². The van der Waals surface area contributed by atoms with E-state index in [-0.39, 0.29) is 5.88 Å². The lowest BCUT2D eigenvalue weighted by atomic mass is 10.0. The van der Waals surface area contributed by atoms with E-state index in [0.717, 1.165) is 11.1 Å². The number of aliphatic hydroxyl groups excluding tert-OH is 2. The zero-order valence-electron chi connectivity index (χ0n) is 8.01. The van der Waals surface area contributed by atoms with E-state index in [4.69, 9.17) is 0 Å². The van der Waals surface area contributed by atoms with E-state index in [9.17, 15) is 10.2 Å². The van der Waals surface area contributed by atoms with Gasteiger partial charge in [-0.05, 0) is 12.5 Å². The number of fused-ring (bicyclic) bond motifs is 1. The molecule has 0 saturated carbocycles. The fourth-order valence-corrected chi connectivity index (χ4v) is 1.73. The smallest absolute Gasteiger partial charge is 0.189 e. The summed E-state index contributed by atoms with van der Waals surface area (Å²) in [4.78, 5) is 1.54. The van der Waals surface area contributed by atoms with Gasteiger partial charge in [0.05, 0.1) is 0 Å². The highest BCUT2D eigenvalue weighted by molar-refractivity contribution is 5.58. The van der Waals surface area contributed by atoms with Crippen LogP contribution in [-0.4, -0.2) is 21.7 Å². The Morgan fingerprint density at radius 1 is 1.36 bits per heavy atom. The van der Waals surface area contributed by atoms with Crippen LogP contribution >= 0.6 is 0 Å². The van der Waals surface area contributed by atoms with Crippen LogP contribution in [0.25, 0.3) is 6.08 Å². The summed E-state index contributed by atoms with van der Waals surface area (Å²) in [6.07, 6.45) is 0.937. The molecule has 2 rings (SSSR count). The molecule has 1 unspecified atom stereocenters. The van der Waals surface area contributed by atoms with Crippen LogP contribution in [0.5, 0.6) is 0 Å². The SMILES string of the molecule is CCN1C(O)=Cc2ccccc2C1O. The van der Waals surface area contributed by atoms with Gasteiger partial charge >= 0.3 is 0 Å². The maximum atomic E-state index is 9.92. The van der Waals surface area contributed by atoms with Gasteiger partial charge in [-0.3, -0.25) is 0 Å². The molecule has 1 atom stereocenters. The highest BCUT2D eigenvalue weighted by Gasteiger charge is 2.24. The largest absolute Gasteiger partial charge is 0.495 e. The molecule has 0 radical (unpaired) electrons. The van der Waals surface area contributed by atoms with Gasteiger partial charge in [0.2, 0.25) is 0 Å². The average Bonchev–Trinajstić information content (AvgIpc) is 2.18. The Bertz CT molecular complexity index is 373. The summed E-state index contributed by atoms with van der Waals surface area (Å²) < 4.78 is 0. The molecule has 1 aromatic carbocycles. The Balaban J connectivity index is 2.50. The molecule has 3 heteroatoms. The summed E-state index contributed by atoms with van der Waals surface area (Å²) in [5.74, 6) is 0.124. The van der Waals surface area contributed by atoms with Gasteiger partial charge in [0.15, 0.2) is 12.1 Å². The number of hydrogen-bond donors (Lipinski definition) is 2. The molecule has 1 aliphatic rings. The van der Waals surface area contributed by atoms with Crippen molar-refractivity contribution in [2.45, 2.75) is 13.2 Å². The maximum absolute atomic E-state index is 9.92. The predicted molar refractivity (Wildman–Crippen MR) is 54.4 cm³/mol. The van der Waals surface area contributed by atoms with Gasteiger partial charge in [0.1, 0.15) is 0 Å². The molecule has 1 heterocycles. The Hall–Kier alpha value is -1.48. The molecule has 3 nitrogen and oxygen atoms in total. The normalized spacial score (nSPS) is 20.3. The molecular weight excluding hydrogens is 178 g/mol. The van der Waals surface area contributed by atoms with Crippen LogP contribution in [0.2, 0.25) is 0 Å². The second-order valence-corrected chi connectivity index (χ2v) is 3.29. The van der Waals surface area contributed by atoms with Crippen LogP contribution in [-0.2, 0) is 0 Å². The second-order valence-electron chi connectivity index (χ2n) is 3.29. The summed E-state index contributed by atoms with van der Waals surface area (Å²) in [5.41, 5.74) is 1.72. The van der Waals surface area contributed by atoms with Crippen LogP contribution in [0.4, 0.5) is 0 Å². The van der Waals surface area contributed by atoms with Crippen LogP contribution < -0.4 is 0 Å². The van der Waals surface area contributed by atoms with Gasteiger partial charge in [-0.25, -0.2) is 0 Å². The first kappa shape index (κ1) is 9.09. The molecule has 1 aliphatic heterocycles. The second kappa shape index (κ2) is 3.35. The number of benzene rings is 1. The Kier molecular flexibility index (Phi) is 2.17. The minimum Gasteiger partial charge on any atom is -0.495 e. The third-order valence-corrected chi connectivity index (χ3v) is 2.49. The minimum atomic E-state index is -0.735. The first-order chi connectivity index (χ1) is 6.74. The number of hydrogen-bond acceptors (Lipinski definition) is 3. The van der Waals surface area contributed by atoms with E-state index in [1.165, 1.54) is 0 Å². The monoisotopic (exact) mass is 191 g/mol. The van der Waals surface area contributed by atoms with Gasteiger partial charge < -0.3 is 15.1 Å². The van der Waals surface area contributed by atoms with Crippen molar-refractivity contribution in [3.05, 3.63) is 41.3 Å². The summed E-state index contributed by atoms with van der Waals surface area (Å²) >= 11 is 0. The summed E-state index contributed by atoms with van der Waals surface area (Å²) in [5, 5.41) is 19.5. The Morgan fingerprint density at radius 2 is 2.07 bits per heavy atom. The van der Waals surface area contributed by atoms with Crippen molar-refractivity contribution in [1.29, 1.82) is 0 Å². The van der Waals surface area contributed by atoms with Gasteiger partial charge in [-0.1, -0.05) is 24.3 Å². The van der Waals surface area contributed by atoms with E-state index >= 15 is 0 Å². The third kappa shape index (κ3) is 1.26. The zero-order valence-corrected chi connectivity index (χ0v) is 8.01. The third-order valence-electron chi connectivity index (χ3n) is 2.49. The van der Waals surface area contributed by atoms with Crippen molar-refractivity contribution in [2.75, 3.05) is 6.54 Å². The summed E-state index contributed by atoms with van der Waals surface area (Å²) in [7, 11) is 0. The zero-order chi connectivity index (χ0) is 10.1. The van der Waals surface area contributed by atoms with E-state index in [1.54, 1.807) is 11.0 Å². The van der Waals surface area contributed by atoms with Gasteiger partial charge in [0.25, 0.3) is 0 Å². The maximum Gasteiger partial charge on any atom is 0.189 e. The van der Waals surface area contributed by atoms with Crippen molar-refractivity contribution >= 4 is 6.08 Å². The Morgan fingerprint density at radius 3 is 2.79 bits per heavy atom. The van der Waals surface area contributed by atoms with E-state index in [0.29, 0.717) is 6.54 Å². The van der Waals surface area contributed by atoms with Crippen molar-refractivity contribution in [2.24, 2.45) is 0 Å². The minimum absolute atomic E-state index is 0.124. The molecule has 0 spiro atoms.